The van der Waals surface area contributed by atoms with Crippen LogP contribution in [0.5, 0.6) is 11.5 Å². The van der Waals surface area contributed by atoms with Crippen LogP contribution in [0.3, 0.4) is 0 Å². The highest BCUT2D eigenvalue weighted by Gasteiger charge is 2.19. The van der Waals surface area contributed by atoms with Crippen molar-refractivity contribution in [3.8, 4) is 22.8 Å². The minimum atomic E-state index is 0.611. The predicted molar refractivity (Wildman–Crippen MR) is 79.6 cm³/mol. The van der Waals surface area contributed by atoms with Crippen LogP contribution in [0.1, 0.15) is 11.1 Å². The summed E-state index contributed by atoms with van der Waals surface area (Å²) in [4.78, 5) is 8.54. The van der Waals surface area contributed by atoms with Gasteiger partial charge in [0.2, 0.25) is 0 Å². The topological polar surface area (TPSA) is 56.3 Å². The van der Waals surface area contributed by atoms with Crippen LogP contribution >= 0.6 is 0 Å². The molecule has 0 aliphatic heterocycles. The number of aryl methyl sites for hydroxylation is 2. The Kier molecular flexibility index (Phi) is 4.08. The fourth-order valence-electron chi connectivity index (χ4n) is 2.32. The van der Waals surface area contributed by atoms with E-state index in [4.69, 9.17) is 9.47 Å². The molecule has 0 amide bonds. The maximum Gasteiger partial charge on any atom is 0.187 e. The molecular weight excluding hydrogens is 254 g/mol. The Hall–Kier alpha value is -2.30. The van der Waals surface area contributed by atoms with Gasteiger partial charge in [-0.25, -0.2) is 9.97 Å². The second-order valence-corrected chi connectivity index (χ2v) is 4.51. The van der Waals surface area contributed by atoms with Gasteiger partial charge < -0.3 is 14.8 Å². The highest BCUT2D eigenvalue weighted by Crippen LogP contribution is 2.40. The van der Waals surface area contributed by atoms with Gasteiger partial charge in [0.15, 0.2) is 11.6 Å². The molecule has 1 heterocycles. The van der Waals surface area contributed by atoms with E-state index in [1.165, 1.54) is 6.33 Å². The zero-order valence-corrected chi connectivity index (χ0v) is 12.4. The summed E-state index contributed by atoms with van der Waals surface area (Å²) in [6.07, 6.45) is 1.52. The Morgan fingerprint density at radius 2 is 1.80 bits per heavy atom. The van der Waals surface area contributed by atoms with Gasteiger partial charge in [0.05, 0.1) is 14.2 Å². The summed E-state index contributed by atoms with van der Waals surface area (Å²) in [5.41, 5.74) is 3.88. The maximum atomic E-state index is 5.50. The number of nitrogens with zero attached hydrogens (tertiary/aromatic N) is 2. The molecule has 0 aliphatic rings. The monoisotopic (exact) mass is 273 g/mol. The molecule has 1 aromatic heterocycles. The summed E-state index contributed by atoms with van der Waals surface area (Å²) < 4.78 is 11.0. The summed E-state index contributed by atoms with van der Waals surface area (Å²) >= 11 is 0. The SMILES string of the molecule is CNc1ncnc(-c2c(C)cc(C)cc2OC)c1OC. The van der Waals surface area contributed by atoms with Crippen LogP contribution in [-0.2, 0) is 0 Å². The van der Waals surface area contributed by atoms with E-state index < -0.39 is 0 Å². The lowest BCUT2D eigenvalue weighted by atomic mass is 10.0. The Balaban J connectivity index is 2.74. The minimum Gasteiger partial charge on any atom is -0.496 e. The van der Waals surface area contributed by atoms with Crippen molar-refractivity contribution in [2.45, 2.75) is 13.8 Å². The third kappa shape index (κ3) is 2.39. The van der Waals surface area contributed by atoms with E-state index in [0.29, 0.717) is 11.6 Å². The van der Waals surface area contributed by atoms with Gasteiger partial charge in [-0.15, -0.1) is 0 Å². The first kappa shape index (κ1) is 14.1. The number of anilines is 1. The van der Waals surface area contributed by atoms with Crippen molar-refractivity contribution in [3.63, 3.8) is 0 Å². The van der Waals surface area contributed by atoms with Crippen LogP contribution in [0.2, 0.25) is 0 Å². The van der Waals surface area contributed by atoms with Gasteiger partial charge in [0.1, 0.15) is 17.8 Å². The third-order valence-electron chi connectivity index (χ3n) is 3.15. The molecule has 0 unspecified atom stereocenters. The lowest BCUT2D eigenvalue weighted by Crippen LogP contribution is -2.02. The summed E-state index contributed by atoms with van der Waals surface area (Å²) in [5, 5.41) is 3.01. The van der Waals surface area contributed by atoms with Crippen LogP contribution in [0.15, 0.2) is 18.5 Å². The maximum absolute atomic E-state index is 5.50. The predicted octanol–water partition coefficient (Wildman–Crippen LogP) is 2.82. The van der Waals surface area contributed by atoms with E-state index in [1.54, 1.807) is 21.3 Å². The number of hydrogen-bond acceptors (Lipinski definition) is 5. The number of nitrogens with one attached hydrogen (secondary N) is 1. The Bertz CT molecular complexity index is 627. The standard InChI is InChI=1S/C15H19N3O2/c1-9-6-10(2)12(11(7-9)19-4)13-14(20-5)15(16-3)18-8-17-13/h6-8H,1-5H3,(H,16,17,18). The first-order valence-electron chi connectivity index (χ1n) is 6.34. The Labute approximate surface area is 119 Å². The van der Waals surface area contributed by atoms with Gasteiger partial charge in [0.25, 0.3) is 0 Å². The van der Waals surface area contributed by atoms with Gasteiger partial charge in [-0.1, -0.05) is 6.07 Å². The van der Waals surface area contributed by atoms with Crippen LogP contribution in [0.25, 0.3) is 11.3 Å². The second-order valence-electron chi connectivity index (χ2n) is 4.51. The quantitative estimate of drug-likeness (QED) is 0.928. The molecule has 0 aliphatic carbocycles. The molecular formula is C15H19N3O2. The second kappa shape index (κ2) is 5.77. The first-order chi connectivity index (χ1) is 9.62. The average molecular weight is 273 g/mol. The van der Waals surface area contributed by atoms with Crippen molar-refractivity contribution in [1.29, 1.82) is 0 Å². The molecule has 0 saturated heterocycles. The number of rotatable bonds is 4. The normalized spacial score (nSPS) is 10.2. The summed E-state index contributed by atoms with van der Waals surface area (Å²) in [7, 11) is 5.07. The van der Waals surface area contributed by atoms with Gasteiger partial charge in [-0.2, -0.15) is 0 Å². The number of aromatic nitrogens is 2. The molecule has 1 aromatic carbocycles. The number of benzene rings is 1. The molecule has 0 fully saturated rings. The molecule has 5 heteroatoms. The number of methoxy groups -OCH3 is 2. The molecule has 0 spiro atoms. The average Bonchev–Trinajstić information content (AvgIpc) is 2.45. The fourth-order valence-corrected chi connectivity index (χ4v) is 2.32. The molecule has 2 rings (SSSR count). The fraction of sp³-hybridized carbons (Fsp3) is 0.333. The van der Waals surface area contributed by atoms with E-state index in [2.05, 4.69) is 21.4 Å². The molecule has 0 bridgehead atoms. The zero-order chi connectivity index (χ0) is 14.7. The van der Waals surface area contributed by atoms with Crippen LogP contribution in [-0.4, -0.2) is 31.2 Å². The van der Waals surface area contributed by atoms with Crippen LogP contribution < -0.4 is 14.8 Å². The summed E-state index contributed by atoms with van der Waals surface area (Å²) in [5.74, 6) is 2.04. The third-order valence-corrected chi connectivity index (χ3v) is 3.15. The molecule has 1 N–H and O–H groups in total. The van der Waals surface area contributed by atoms with Crippen molar-refractivity contribution in [3.05, 3.63) is 29.6 Å². The molecule has 0 atom stereocenters. The van der Waals surface area contributed by atoms with E-state index in [9.17, 15) is 0 Å². The molecule has 106 valence electrons. The van der Waals surface area contributed by atoms with Crippen molar-refractivity contribution in [2.75, 3.05) is 26.6 Å². The van der Waals surface area contributed by atoms with E-state index in [0.717, 1.165) is 28.1 Å². The van der Waals surface area contributed by atoms with E-state index in [-0.39, 0.29) is 0 Å². The minimum absolute atomic E-state index is 0.611. The largest absolute Gasteiger partial charge is 0.496 e. The van der Waals surface area contributed by atoms with Crippen molar-refractivity contribution in [1.82, 2.24) is 9.97 Å². The van der Waals surface area contributed by atoms with Gasteiger partial charge in [-0.3, -0.25) is 0 Å². The molecule has 2 aromatic rings. The molecule has 5 nitrogen and oxygen atoms in total. The van der Waals surface area contributed by atoms with Gasteiger partial charge >= 0.3 is 0 Å². The summed E-state index contributed by atoms with van der Waals surface area (Å²) in [6.45, 7) is 4.07. The van der Waals surface area contributed by atoms with E-state index in [1.807, 2.05) is 19.9 Å². The highest BCUT2D eigenvalue weighted by molar-refractivity contribution is 5.79. The number of ether oxygens (including phenoxy) is 2. The Morgan fingerprint density at radius 3 is 2.40 bits per heavy atom. The van der Waals surface area contributed by atoms with E-state index >= 15 is 0 Å². The van der Waals surface area contributed by atoms with Crippen molar-refractivity contribution in [2.24, 2.45) is 0 Å². The highest BCUT2D eigenvalue weighted by atomic mass is 16.5. The van der Waals surface area contributed by atoms with Gasteiger partial charge in [0, 0.05) is 12.6 Å². The molecule has 0 radical (unpaired) electrons. The lowest BCUT2D eigenvalue weighted by molar-refractivity contribution is 0.408. The smallest absolute Gasteiger partial charge is 0.187 e. The van der Waals surface area contributed by atoms with Crippen LogP contribution in [0, 0.1) is 13.8 Å². The first-order valence-corrected chi connectivity index (χ1v) is 6.34. The Morgan fingerprint density at radius 1 is 1.05 bits per heavy atom. The zero-order valence-electron chi connectivity index (χ0n) is 12.4. The van der Waals surface area contributed by atoms with Crippen molar-refractivity contribution >= 4 is 5.82 Å². The lowest BCUT2D eigenvalue weighted by Gasteiger charge is -2.16. The van der Waals surface area contributed by atoms with Crippen molar-refractivity contribution < 1.29 is 9.47 Å². The summed E-state index contributed by atoms with van der Waals surface area (Å²) in [6, 6.07) is 4.08. The molecule has 0 saturated carbocycles. The number of hydrogen-bond donors (Lipinski definition) is 1. The van der Waals surface area contributed by atoms with Gasteiger partial charge in [-0.05, 0) is 31.0 Å². The molecule has 20 heavy (non-hydrogen) atoms. The van der Waals surface area contributed by atoms with Crippen LogP contribution in [0.4, 0.5) is 5.82 Å².